The molecule has 1 rings (SSSR count). The fraction of sp³-hybridized carbons (Fsp3) is 0.471. The summed E-state index contributed by atoms with van der Waals surface area (Å²) in [6.45, 7) is 5.17. The normalized spacial score (nSPS) is 11.2. The topological polar surface area (TPSA) is 137 Å². The van der Waals surface area contributed by atoms with Crippen molar-refractivity contribution in [3.05, 3.63) is 33.9 Å². The number of nitro benzene ring substituents is 1. The van der Waals surface area contributed by atoms with E-state index in [1.807, 2.05) is 6.92 Å². The molecule has 0 aliphatic heterocycles. The molecule has 0 saturated heterocycles. The van der Waals surface area contributed by atoms with Gasteiger partial charge in [0.2, 0.25) is 5.91 Å². The maximum absolute atomic E-state index is 12.0. The lowest BCUT2D eigenvalue weighted by molar-refractivity contribution is -0.385. The molecule has 10 nitrogen and oxygen atoms in total. The van der Waals surface area contributed by atoms with Gasteiger partial charge in [-0.1, -0.05) is 6.92 Å². The van der Waals surface area contributed by atoms with Gasteiger partial charge in [0.1, 0.15) is 6.04 Å². The summed E-state index contributed by atoms with van der Waals surface area (Å²) in [5.74, 6) is -1.88. The maximum Gasteiger partial charge on any atom is 0.338 e. The van der Waals surface area contributed by atoms with Crippen molar-refractivity contribution in [1.29, 1.82) is 0 Å². The molecule has 0 unspecified atom stereocenters. The Labute approximate surface area is 156 Å². The number of nitro groups is 1. The quantitative estimate of drug-likeness (QED) is 0.353. The molecule has 0 aliphatic carbocycles. The number of carbonyl (C=O) groups excluding carboxylic acids is 3. The number of rotatable bonds is 10. The van der Waals surface area contributed by atoms with Gasteiger partial charge in [-0.15, -0.1) is 0 Å². The molecule has 10 heteroatoms. The van der Waals surface area contributed by atoms with Crippen LogP contribution >= 0.6 is 0 Å². The molecule has 2 amide bonds. The van der Waals surface area contributed by atoms with E-state index in [1.165, 1.54) is 19.1 Å². The Hall–Kier alpha value is -3.17. The van der Waals surface area contributed by atoms with E-state index in [-0.39, 0.29) is 29.5 Å². The van der Waals surface area contributed by atoms with Gasteiger partial charge in [0.25, 0.3) is 5.91 Å². The highest BCUT2D eigenvalue weighted by atomic mass is 16.6. The van der Waals surface area contributed by atoms with Crippen LogP contribution in [0.4, 0.5) is 5.69 Å². The molecule has 1 atom stereocenters. The third-order valence-corrected chi connectivity index (χ3v) is 3.35. The lowest BCUT2D eigenvalue weighted by atomic mass is 10.2. The average Bonchev–Trinajstić information content (AvgIpc) is 2.64. The number of hydrogen-bond acceptors (Lipinski definition) is 7. The fourth-order valence-electron chi connectivity index (χ4n) is 2.03. The van der Waals surface area contributed by atoms with E-state index < -0.39 is 29.4 Å². The Bertz CT molecular complexity index is 706. The van der Waals surface area contributed by atoms with Crippen LogP contribution < -0.4 is 15.4 Å². The van der Waals surface area contributed by atoms with Gasteiger partial charge in [0.15, 0.2) is 12.4 Å². The minimum atomic E-state index is -0.903. The Morgan fingerprint density at radius 3 is 2.56 bits per heavy atom. The molecule has 0 bridgehead atoms. The summed E-state index contributed by atoms with van der Waals surface area (Å²) in [7, 11) is 0. The van der Waals surface area contributed by atoms with Gasteiger partial charge in [-0.3, -0.25) is 19.7 Å². The number of benzene rings is 1. The van der Waals surface area contributed by atoms with Crippen molar-refractivity contribution in [2.45, 2.75) is 33.2 Å². The Balaban J connectivity index is 2.63. The number of amides is 2. The molecule has 0 fully saturated rings. The molecule has 148 valence electrons. The van der Waals surface area contributed by atoms with Crippen molar-refractivity contribution in [2.75, 3.05) is 19.8 Å². The lowest BCUT2D eigenvalue weighted by Gasteiger charge is -2.14. The lowest BCUT2D eigenvalue weighted by Crippen LogP contribution is -2.46. The number of nitrogens with one attached hydrogen (secondary N) is 2. The molecule has 1 aromatic rings. The minimum absolute atomic E-state index is 0.0312. The van der Waals surface area contributed by atoms with Crippen molar-refractivity contribution in [3.8, 4) is 5.75 Å². The zero-order valence-electron chi connectivity index (χ0n) is 15.4. The van der Waals surface area contributed by atoms with Crippen molar-refractivity contribution in [1.82, 2.24) is 10.6 Å². The monoisotopic (exact) mass is 381 g/mol. The number of carbonyl (C=O) groups is 3. The molecular weight excluding hydrogens is 358 g/mol. The summed E-state index contributed by atoms with van der Waals surface area (Å²) in [5.41, 5.74) is -0.469. The van der Waals surface area contributed by atoms with E-state index in [0.717, 1.165) is 12.5 Å². The van der Waals surface area contributed by atoms with E-state index in [0.29, 0.717) is 6.54 Å². The Morgan fingerprint density at radius 2 is 1.96 bits per heavy atom. The second kappa shape index (κ2) is 10.7. The molecule has 0 aliphatic rings. The van der Waals surface area contributed by atoms with E-state index >= 15 is 0 Å². The van der Waals surface area contributed by atoms with Crippen LogP contribution in [0.1, 0.15) is 37.6 Å². The molecule has 2 N–H and O–H groups in total. The standard InChI is InChI=1S/C17H23N3O7/c1-4-8-18-16(22)11(3)19-15(21)10-27-17(23)12-6-7-14(26-5-2)13(9-12)20(24)25/h6-7,9,11H,4-5,8,10H2,1-3H3,(H,18,22)(H,19,21)/t11-/m1/s1. The van der Waals surface area contributed by atoms with E-state index in [4.69, 9.17) is 9.47 Å². The highest BCUT2D eigenvalue weighted by Crippen LogP contribution is 2.28. The third-order valence-electron chi connectivity index (χ3n) is 3.35. The summed E-state index contributed by atoms with van der Waals surface area (Å²) in [6.07, 6.45) is 0.762. The summed E-state index contributed by atoms with van der Waals surface area (Å²) in [4.78, 5) is 45.9. The van der Waals surface area contributed by atoms with Gasteiger partial charge in [-0.2, -0.15) is 0 Å². The zero-order chi connectivity index (χ0) is 20.4. The number of ether oxygens (including phenoxy) is 2. The SMILES string of the molecule is CCCNC(=O)[C@@H](C)NC(=O)COC(=O)c1ccc(OCC)c([N+](=O)[O-])c1. The van der Waals surface area contributed by atoms with E-state index in [1.54, 1.807) is 6.92 Å². The van der Waals surface area contributed by atoms with Crippen LogP contribution in [0.15, 0.2) is 18.2 Å². The van der Waals surface area contributed by atoms with Crippen LogP contribution in [0.3, 0.4) is 0 Å². The molecule has 0 radical (unpaired) electrons. The molecule has 0 spiro atoms. The van der Waals surface area contributed by atoms with Crippen LogP contribution in [0, 0.1) is 10.1 Å². The molecule has 27 heavy (non-hydrogen) atoms. The summed E-state index contributed by atoms with van der Waals surface area (Å²) >= 11 is 0. The number of esters is 1. The van der Waals surface area contributed by atoms with Crippen molar-refractivity contribution in [3.63, 3.8) is 0 Å². The largest absolute Gasteiger partial charge is 0.487 e. The predicted octanol–water partition coefficient (Wildman–Crippen LogP) is 1.18. The second-order valence-electron chi connectivity index (χ2n) is 5.53. The average molecular weight is 381 g/mol. The smallest absolute Gasteiger partial charge is 0.338 e. The molecule has 0 aromatic heterocycles. The first kappa shape index (κ1) is 21.9. The molecule has 0 heterocycles. The number of hydrogen-bond donors (Lipinski definition) is 2. The van der Waals surface area contributed by atoms with E-state index in [2.05, 4.69) is 10.6 Å². The van der Waals surface area contributed by atoms with Crippen molar-refractivity contribution < 1.29 is 28.8 Å². The van der Waals surface area contributed by atoms with Crippen molar-refractivity contribution in [2.24, 2.45) is 0 Å². The highest BCUT2D eigenvalue weighted by molar-refractivity contribution is 5.93. The van der Waals surface area contributed by atoms with E-state index in [9.17, 15) is 24.5 Å². The predicted molar refractivity (Wildman–Crippen MR) is 95.5 cm³/mol. The Morgan fingerprint density at radius 1 is 1.26 bits per heavy atom. The minimum Gasteiger partial charge on any atom is -0.487 e. The van der Waals surface area contributed by atoms with Crippen LogP contribution in [-0.4, -0.2) is 48.5 Å². The zero-order valence-corrected chi connectivity index (χ0v) is 15.4. The van der Waals surface area contributed by atoms with Gasteiger partial charge >= 0.3 is 11.7 Å². The Kier molecular flexibility index (Phi) is 8.70. The first-order valence-corrected chi connectivity index (χ1v) is 8.45. The molecular formula is C17H23N3O7. The number of nitrogens with zero attached hydrogens (tertiary/aromatic N) is 1. The molecule has 0 saturated carbocycles. The van der Waals surface area contributed by atoms with Crippen LogP contribution in [0.25, 0.3) is 0 Å². The fourth-order valence-corrected chi connectivity index (χ4v) is 2.03. The second-order valence-corrected chi connectivity index (χ2v) is 5.53. The summed E-state index contributed by atoms with van der Waals surface area (Å²) < 4.78 is 9.97. The van der Waals surface area contributed by atoms with Crippen molar-refractivity contribution >= 4 is 23.5 Å². The van der Waals surface area contributed by atoms with Gasteiger partial charge in [-0.05, 0) is 32.4 Å². The molecule has 1 aromatic carbocycles. The first-order valence-electron chi connectivity index (χ1n) is 8.45. The van der Waals surface area contributed by atoms with Crippen LogP contribution in [0.5, 0.6) is 5.75 Å². The maximum atomic E-state index is 12.0. The first-order chi connectivity index (χ1) is 12.8. The summed E-state index contributed by atoms with van der Waals surface area (Å²) in [6, 6.07) is 2.83. The van der Waals surface area contributed by atoms with Gasteiger partial charge in [0, 0.05) is 12.6 Å². The third kappa shape index (κ3) is 6.92. The highest BCUT2D eigenvalue weighted by Gasteiger charge is 2.21. The van der Waals surface area contributed by atoms with Crippen LogP contribution in [-0.2, 0) is 14.3 Å². The van der Waals surface area contributed by atoms with Gasteiger partial charge < -0.3 is 20.1 Å². The van der Waals surface area contributed by atoms with Gasteiger partial charge in [0.05, 0.1) is 17.1 Å². The summed E-state index contributed by atoms with van der Waals surface area (Å²) in [5, 5.41) is 16.1. The van der Waals surface area contributed by atoms with Gasteiger partial charge in [-0.25, -0.2) is 4.79 Å². The van der Waals surface area contributed by atoms with Crippen LogP contribution in [0.2, 0.25) is 0 Å².